The van der Waals surface area contributed by atoms with E-state index in [-0.39, 0.29) is 5.56 Å². The van der Waals surface area contributed by atoms with Gasteiger partial charge in [0.1, 0.15) is 17.1 Å². The normalized spacial score (nSPS) is 10.9. The summed E-state index contributed by atoms with van der Waals surface area (Å²) in [4.78, 5) is 21.7. The highest BCUT2D eigenvalue weighted by atomic mass is 32.2. The molecular formula is C18H19N3O3S. The van der Waals surface area contributed by atoms with Gasteiger partial charge in [-0.1, -0.05) is 18.7 Å². The molecule has 1 aromatic carbocycles. The van der Waals surface area contributed by atoms with Crippen molar-refractivity contribution in [1.82, 2.24) is 14.5 Å². The van der Waals surface area contributed by atoms with Gasteiger partial charge in [-0.15, -0.1) is 0 Å². The zero-order chi connectivity index (χ0) is 18.0. The fraction of sp³-hybridized carbons (Fsp3) is 0.278. The number of aryl methyl sites for hydroxylation is 1. The van der Waals surface area contributed by atoms with Crippen LogP contribution in [0.1, 0.15) is 6.92 Å². The van der Waals surface area contributed by atoms with Crippen LogP contribution in [0.5, 0.6) is 11.5 Å². The molecule has 0 aliphatic carbocycles. The molecule has 25 heavy (non-hydrogen) atoms. The van der Waals surface area contributed by atoms with E-state index in [2.05, 4.69) is 9.97 Å². The van der Waals surface area contributed by atoms with E-state index in [0.717, 1.165) is 16.7 Å². The van der Waals surface area contributed by atoms with Gasteiger partial charge in [0, 0.05) is 30.3 Å². The summed E-state index contributed by atoms with van der Waals surface area (Å²) in [5.41, 5.74) is 1.76. The Kier molecular flexibility index (Phi) is 4.94. The van der Waals surface area contributed by atoms with Gasteiger partial charge in [0.2, 0.25) is 0 Å². The Bertz CT molecular complexity index is 963. The second-order valence-corrected chi connectivity index (χ2v) is 6.62. The van der Waals surface area contributed by atoms with Crippen molar-refractivity contribution < 1.29 is 9.47 Å². The van der Waals surface area contributed by atoms with Crippen molar-refractivity contribution in [3.05, 3.63) is 40.8 Å². The lowest BCUT2D eigenvalue weighted by molar-refractivity contribution is 0.394. The van der Waals surface area contributed by atoms with Crippen molar-refractivity contribution in [2.75, 3.05) is 20.0 Å². The lowest BCUT2D eigenvalue weighted by Gasteiger charge is -2.11. The number of ether oxygens (including phenoxy) is 2. The zero-order valence-electron chi connectivity index (χ0n) is 14.6. The summed E-state index contributed by atoms with van der Waals surface area (Å²) in [6, 6.07) is 7.21. The van der Waals surface area contributed by atoms with E-state index in [9.17, 15) is 4.79 Å². The van der Waals surface area contributed by atoms with E-state index < -0.39 is 0 Å². The molecule has 0 N–H and O–H groups in total. The van der Waals surface area contributed by atoms with Gasteiger partial charge in [0.15, 0.2) is 5.16 Å². The number of thioether (sulfide) groups is 1. The third-order valence-corrected chi connectivity index (χ3v) is 4.61. The summed E-state index contributed by atoms with van der Waals surface area (Å²) < 4.78 is 12.2. The van der Waals surface area contributed by atoms with Crippen molar-refractivity contribution in [3.63, 3.8) is 0 Å². The minimum atomic E-state index is -0.131. The van der Waals surface area contributed by atoms with Crippen molar-refractivity contribution in [2.24, 2.45) is 7.05 Å². The van der Waals surface area contributed by atoms with Crippen LogP contribution in [0.2, 0.25) is 0 Å². The molecule has 3 rings (SSSR count). The number of benzene rings is 1. The lowest BCUT2D eigenvalue weighted by Crippen LogP contribution is -2.20. The third kappa shape index (κ3) is 3.32. The van der Waals surface area contributed by atoms with E-state index >= 15 is 0 Å². The molecule has 7 heteroatoms. The van der Waals surface area contributed by atoms with Crippen LogP contribution in [0.15, 0.2) is 40.4 Å². The molecule has 3 aromatic rings. The number of hydrogen-bond acceptors (Lipinski definition) is 6. The van der Waals surface area contributed by atoms with Crippen LogP contribution in [0.4, 0.5) is 0 Å². The Hall–Kier alpha value is -2.54. The van der Waals surface area contributed by atoms with Crippen LogP contribution in [-0.2, 0) is 7.05 Å². The molecule has 0 aliphatic rings. The van der Waals surface area contributed by atoms with E-state index in [0.29, 0.717) is 27.9 Å². The predicted molar refractivity (Wildman–Crippen MR) is 99.7 cm³/mol. The number of methoxy groups -OCH3 is 2. The summed E-state index contributed by atoms with van der Waals surface area (Å²) in [5.74, 6) is 2.13. The number of nitrogens with zero attached hydrogens (tertiary/aromatic N) is 3. The molecule has 2 heterocycles. The first-order chi connectivity index (χ1) is 12.1. The summed E-state index contributed by atoms with van der Waals surface area (Å²) in [6.07, 6.45) is 1.75. The van der Waals surface area contributed by atoms with Crippen LogP contribution < -0.4 is 15.0 Å². The highest BCUT2D eigenvalue weighted by Gasteiger charge is 2.13. The molecule has 0 bridgehead atoms. The minimum Gasteiger partial charge on any atom is -0.497 e. The molecule has 0 spiro atoms. The molecule has 130 valence electrons. The van der Waals surface area contributed by atoms with Crippen molar-refractivity contribution in [2.45, 2.75) is 12.1 Å². The Labute approximate surface area is 149 Å². The fourth-order valence-corrected chi connectivity index (χ4v) is 3.14. The maximum Gasteiger partial charge on any atom is 0.259 e. The average molecular weight is 357 g/mol. The molecule has 0 amide bonds. The van der Waals surface area contributed by atoms with Gasteiger partial charge in [-0.25, -0.2) is 9.97 Å². The second kappa shape index (κ2) is 7.14. The van der Waals surface area contributed by atoms with E-state index in [4.69, 9.17) is 9.47 Å². The number of fused-ring (bicyclic) bond motifs is 1. The number of hydrogen-bond donors (Lipinski definition) is 0. The summed E-state index contributed by atoms with van der Waals surface area (Å²) in [7, 11) is 4.88. The zero-order valence-corrected chi connectivity index (χ0v) is 15.4. The van der Waals surface area contributed by atoms with Crippen LogP contribution in [-0.4, -0.2) is 34.5 Å². The second-order valence-electron chi connectivity index (χ2n) is 5.39. The Morgan fingerprint density at radius 1 is 1.12 bits per heavy atom. The summed E-state index contributed by atoms with van der Waals surface area (Å²) in [5, 5.41) is 1.47. The molecule has 0 radical (unpaired) electrons. The Morgan fingerprint density at radius 2 is 1.80 bits per heavy atom. The first-order valence-electron chi connectivity index (χ1n) is 7.80. The molecule has 0 saturated heterocycles. The van der Waals surface area contributed by atoms with Crippen molar-refractivity contribution in [1.29, 1.82) is 0 Å². The number of pyridine rings is 1. The maximum atomic E-state index is 12.9. The first-order valence-corrected chi connectivity index (χ1v) is 8.79. The van der Waals surface area contributed by atoms with Crippen LogP contribution in [0.25, 0.3) is 22.2 Å². The SMILES string of the molecule is CCSc1ncc2cc(-c3cc(OC)cc(OC)c3)c(=O)n(C)c2n1. The lowest BCUT2D eigenvalue weighted by atomic mass is 10.1. The highest BCUT2D eigenvalue weighted by Crippen LogP contribution is 2.29. The quantitative estimate of drug-likeness (QED) is 0.516. The average Bonchev–Trinajstić information content (AvgIpc) is 2.64. The molecule has 0 fully saturated rings. The smallest absolute Gasteiger partial charge is 0.259 e. The van der Waals surface area contributed by atoms with E-state index in [1.54, 1.807) is 49.9 Å². The van der Waals surface area contributed by atoms with Gasteiger partial charge < -0.3 is 9.47 Å². The molecule has 0 atom stereocenters. The first kappa shape index (κ1) is 17.3. The Morgan fingerprint density at radius 3 is 2.40 bits per heavy atom. The van der Waals surface area contributed by atoms with Crippen LogP contribution in [0, 0.1) is 0 Å². The maximum absolute atomic E-state index is 12.9. The third-order valence-electron chi connectivity index (χ3n) is 3.86. The monoisotopic (exact) mass is 357 g/mol. The van der Waals surface area contributed by atoms with Gasteiger partial charge in [-0.05, 0) is 29.5 Å². The van der Waals surface area contributed by atoms with Gasteiger partial charge in [0.25, 0.3) is 5.56 Å². The molecule has 0 aliphatic heterocycles. The summed E-state index contributed by atoms with van der Waals surface area (Å²) in [6.45, 7) is 2.04. The molecule has 6 nitrogen and oxygen atoms in total. The van der Waals surface area contributed by atoms with Gasteiger partial charge in [-0.3, -0.25) is 9.36 Å². The van der Waals surface area contributed by atoms with Crippen LogP contribution in [0.3, 0.4) is 0 Å². The Balaban J connectivity index is 2.22. The molecule has 0 saturated carbocycles. The number of aromatic nitrogens is 3. The fourth-order valence-electron chi connectivity index (χ4n) is 2.60. The highest BCUT2D eigenvalue weighted by molar-refractivity contribution is 7.99. The van der Waals surface area contributed by atoms with E-state index in [1.807, 2.05) is 25.1 Å². The molecule has 2 aromatic heterocycles. The van der Waals surface area contributed by atoms with Gasteiger partial charge in [-0.2, -0.15) is 0 Å². The van der Waals surface area contributed by atoms with Gasteiger partial charge >= 0.3 is 0 Å². The minimum absolute atomic E-state index is 0.131. The number of rotatable bonds is 5. The van der Waals surface area contributed by atoms with Gasteiger partial charge in [0.05, 0.1) is 14.2 Å². The molecule has 0 unspecified atom stereocenters. The topological polar surface area (TPSA) is 66.2 Å². The van der Waals surface area contributed by atoms with Crippen molar-refractivity contribution >= 4 is 22.8 Å². The molecular weight excluding hydrogens is 338 g/mol. The predicted octanol–water partition coefficient (Wildman–Crippen LogP) is 3.12. The standard InChI is InChI=1S/C18H19N3O3S/c1-5-25-18-19-10-12-8-15(17(22)21(2)16(12)20-18)11-6-13(23-3)9-14(7-11)24-4/h6-10H,5H2,1-4H3. The van der Waals surface area contributed by atoms with E-state index in [1.165, 1.54) is 0 Å². The largest absolute Gasteiger partial charge is 0.497 e. The van der Waals surface area contributed by atoms with Crippen LogP contribution >= 0.6 is 11.8 Å². The van der Waals surface area contributed by atoms with Crippen molar-refractivity contribution in [3.8, 4) is 22.6 Å². The summed E-state index contributed by atoms with van der Waals surface area (Å²) >= 11 is 1.54.